The van der Waals surface area contributed by atoms with Gasteiger partial charge >= 0.3 is 0 Å². The Bertz CT molecular complexity index is 708. The number of non-ortho nitro benzene ring substituents is 1. The van der Waals surface area contributed by atoms with Gasteiger partial charge in [-0.25, -0.2) is 4.68 Å². The molecule has 108 valence electrons. The van der Waals surface area contributed by atoms with Gasteiger partial charge in [0.15, 0.2) is 0 Å². The van der Waals surface area contributed by atoms with Crippen LogP contribution in [0.2, 0.25) is 0 Å². The fraction of sp³-hybridized carbons (Fsp3) is 0.231. The lowest BCUT2D eigenvalue weighted by Crippen LogP contribution is -2.27. The summed E-state index contributed by atoms with van der Waals surface area (Å²) in [7, 11) is 0. The highest BCUT2D eigenvalue weighted by atomic mass is 16.6. The standard InChI is InChI=1S/C13H14N6O2/c1-10-7-13(16-17-6-5-14-9-17)18(15-10)11-3-2-4-12(8-11)19(20)21/h2-4,7-9,16H,5-6H2,1H3. The third-order valence-electron chi connectivity index (χ3n) is 3.07. The Morgan fingerprint density at radius 3 is 2.95 bits per heavy atom. The predicted octanol–water partition coefficient (Wildman–Crippen LogP) is 1.76. The summed E-state index contributed by atoms with van der Waals surface area (Å²) in [4.78, 5) is 14.6. The minimum atomic E-state index is -0.417. The summed E-state index contributed by atoms with van der Waals surface area (Å²) in [5.74, 6) is 0.737. The first-order chi connectivity index (χ1) is 10.1. The smallest absolute Gasteiger partial charge is 0.271 e. The molecule has 8 nitrogen and oxygen atoms in total. The number of hydrogen-bond donors (Lipinski definition) is 1. The second kappa shape index (κ2) is 5.23. The van der Waals surface area contributed by atoms with Crippen molar-refractivity contribution in [2.24, 2.45) is 4.99 Å². The van der Waals surface area contributed by atoms with Crippen molar-refractivity contribution in [2.45, 2.75) is 6.92 Å². The highest BCUT2D eigenvalue weighted by molar-refractivity contribution is 5.61. The Balaban J connectivity index is 1.95. The fourth-order valence-electron chi connectivity index (χ4n) is 2.13. The third kappa shape index (κ3) is 2.69. The summed E-state index contributed by atoms with van der Waals surface area (Å²) >= 11 is 0. The summed E-state index contributed by atoms with van der Waals surface area (Å²) < 4.78 is 1.65. The molecular formula is C13H14N6O2. The average Bonchev–Trinajstić information content (AvgIpc) is 3.09. The number of nitrogens with one attached hydrogen (secondary N) is 1. The molecule has 1 aliphatic rings. The van der Waals surface area contributed by atoms with Gasteiger partial charge in [0, 0.05) is 18.2 Å². The van der Waals surface area contributed by atoms with Crippen LogP contribution in [0.4, 0.5) is 11.5 Å². The molecule has 1 aliphatic heterocycles. The quantitative estimate of drug-likeness (QED) is 0.683. The van der Waals surface area contributed by atoms with Gasteiger partial charge in [-0.3, -0.25) is 25.5 Å². The number of nitro benzene ring substituents is 1. The maximum atomic E-state index is 10.9. The van der Waals surface area contributed by atoms with Gasteiger partial charge in [0.05, 0.1) is 29.4 Å². The Labute approximate surface area is 120 Å². The zero-order valence-corrected chi connectivity index (χ0v) is 11.4. The predicted molar refractivity (Wildman–Crippen MR) is 78.6 cm³/mol. The molecule has 0 atom stereocenters. The summed E-state index contributed by atoms with van der Waals surface area (Å²) in [5, 5.41) is 17.1. The van der Waals surface area contributed by atoms with Gasteiger partial charge in [0.1, 0.15) is 12.2 Å². The average molecular weight is 286 g/mol. The zero-order chi connectivity index (χ0) is 14.8. The van der Waals surface area contributed by atoms with Crippen molar-refractivity contribution in [3.8, 4) is 5.69 Å². The van der Waals surface area contributed by atoms with Crippen LogP contribution in [0.3, 0.4) is 0 Å². The summed E-state index contributed by atoms with van der Waals surface area (Å²) in [5.41, 5.74) is 4.68. The van der Waals surface area contributed by atoms with E-state index in [4.69, 9.17) is 0 Å². The van der Waals surface area contributed by atoms with Gasteiger partial charge in [-0.1, -0.05) is 6.07 Å². The van der Waals surface area contributed by atoms with Gasteiger partial charge < -0.3 is 0 Å². The fourth-order valence-corrected chi connectivity index (χ4v) is 2.13. The van der Waals surface area contributed by atoms with E-state index in [0.717, 1.165) is 24.6 Å². The van der Waals surface area contributed by atoms with Gasteiger partial charge in [0.2, 0.25) is 0 Å². The second-order valence-electron chi connectivity index (χ2n) is 4.69. The van der Waals surface area contributed by atoms with E-state index in [1.807, 2.05) is 18.0 Å². The van der Waals surface area contributed by atoms with Crippen LogP contribution in [0, 0.1) is 17.0 Å². The molecule has 0 spiro atoms. The van der Waals surface area contributed by atoms with Gasteiger partial charge in [-0.15, -0.1) is 0 Å². The number of aliphatic imine (C=N–C) groups is 1. The van der Waals surface area contributed by atoms with E-state index in [1.54, 1.807) is 23.2 Å². The van der Waals surface area contributed by atoms with Crippen LogP contribution in [0.1, 0.15) is 5.69 Å². The molecule has 0 bridgehead atoms. The SMILES string of the molecule is Cc1cc(NN2C=NCC2)n(-c2cccc([N+](=O)[O-])c2)n1. The van der Waals surface area contributed by atoms with Crippen molar-refractivity contribution in [1.82, 2.24) is 14.8 Å². The number of aryl methyl sites for hydroxylation is 1. The molecule has 2 aromatic rings. The molecular weight excluding hydrogens is 272 g/mol. The van der Waals surface area contributed by atoms with Crippen molar-refractivity contribution in [1.29, 1.82) is 0 Å². The van der Waals surface area contributed by atoms with E-state index < -0.39 is 4.92 Å². The molecule has 0 fully saturated rings. The highest BCUT2D eigenvalue weighted by Gasteiger charge is 2.14. The number of hydrazine groups is 1. The van der Waals surface area contributed by atoms with Crippen LogP contribution in [0.25, 0.3) is 5.69 Å². The van der Waals surface area contributed by atoms with Gasteiger partial charge in [-0.2, -0.15) is 5.10 Å². The third-order valence-corrected chi connectivity index (χ3v) is 3.07. The molecule has 1 aromatic carbocycles. The molecule has 21 heavy (non-hydrogen) atoms. The highest BCUT2D eigenvalue weighted by Crippen LogP contribution is 2.21. The summed E-state index contributed by atoms with van der Waals surface area (Å²) in [6.07, 6.45) is 1.72. The number of hydrogen-bond acceptors (Lipinski definition) is 6. The van der Waals surface area contributed by atoms with Crippen LogP contribution < -0.4 is 5.43 Å². The lowest BCUT2D eigenvalue weighted by Gasteiger charge is -2.17. The Hall–Kier alpha value is -2.90. The van der Waals surface area contributed by atoms with Crippen molar-refractivity contribution >= 4 is 17.8 Å². The zero-order valence-electron chi connectivity index (χ0n) is 11.4. The molecule has 0 radical (unpaired) electrons. The van der Waals surface area contributed by atoms with Crippen LogP contribution in [-0.4, -0.2) is 39.1 Å². The molecule has 1 aromatic heterocycles. The topological polar surface area (TPSA) is 88.6 Å². The molecule has 0 saturated carbocycles. The van der Waals surface area contributed by atoms with Crippen LogP contribution in [0.5, 0.6) is 0 Å². The Morgan fingerprint density at radius 1 is 1.38 bits per heavy atom. The lowest BCUT2D eigenvalue weighted by molar-refractivity contribution is -0.384. The van der Waals surface area contributed by atoms with Crippen molar-refractivity contribution in [3.05, 3.63) is 46.1 Å². The maximum absolute atomic E-state index is 10.9. The van der Waals surface area contributed by atoms with E-state index >= 15 is 0 Å². The molecule has 1 N–H and O–H groups in total. The number of nitrogens with zero attached hydrogens (tertiary/aromatic N) is 5. The monoisotopic (exact) mass is 286 g/mol. The van der Waals surface area contributed by atoms with Crippen LogP contribution in [0.15, 0.2) is 35.3 Å². The maximum Gasteiger partial charge on any atom is 0.271 e. The van der Waals surface area contributed by atoms with Crippen molar-refractivity contribution < 1.29 is 4.92 Å². The molecule has 2 heterocycles. The minimum absolute atomic E-state index is 0.0364. The number of rotatable bonds is 4. The molecule has 0 unspecified atom stereocenters. The van der Waals surface area contributed by atoms with Crippen molar-refractivity contribution in [3.63, 3.8) is 0 Å². The first kappa shape index (κ1) is 13.1. The van der Waals surface area contributed by atoms with E-state index in [1.165, 1.54) is 12.1 Å². The molecule has 8 heteroatoms. The molecule has 0 amide bonds. The second-order valence-corrected chi connectivity index (χ2v) is 4.69. The van der Waals surface area contributed by atoms with Crippen LogP contribution >= 0.6 is 0 Å². The lowest BCUT2D eigenvalue weighted by atomic mass is 10.3. The first-order valence-electron chi connectivity index (χ1n) is 6.48. The minimum Gasteiger partial charge on any atom is -0.281 e. The molecule has 0 saturated heterocycles. The van der Waals surface area contributed by atoms with E-state index in [2.05, 4.69) is 15.5 Å². The van der Waals surface area contributed by atoms with Gasteiger partial charge in [0.25, 0.3) is 5.69 Å². The largest absolute Gasteiger partial charge is 0.281 e. The van der Waals surface area contributed by atoms with E-state index in [0.29, 0.717) is 5.69 Å². The van der Waals surface area contributed by atoms with E-state index in [-0.39, 0.29) is 5.69 Å². The number of benzene rings is 1. The van der Waals surface area contributed by atoms with Crippen LogP contribution in [-0.2, 0) is 0 Å². The first-order valence-corrected chi connectivity index (χ1v) is 6.48. The van der Waals surface area contributed by atoms with Gasteiger partial charge in [-0.05, 0) is 13.0 Å². The Morgan fingerprint density at radius 2 is 2.24 bits per heavy atom. The van der Waals surface area contributed by atoms with E-state index in [9.17, 15) is 10.1 Å². The van der Waals surface area contributed by atoms with Crippen molar-refractivity contribution in [2.75, 3.05) is 18.5 Å². The molecule has 3 rings (SSSR count). The number of nitro groups is 1. The summed E-state index contributed by atoms with van der Waals surface area (Å²) in [6.45, 7) is 3.40. The normalized spacial score (nSPS) is 13.7. The number of anilines is 1. The number of aromatic nitrogens is 2. The summed E-state index contributed by atoms with van der Waals surface area (Å²) in [6, 6.07) is 8.26. The molecule has 0 aliphatic carbocycles. The Kier molecular flexibility index (Phi) is 3.27.